The summed E-state index contributed by atoms with van der Waals surface area (Å²) in [6.45, 7) is 1.73. The molecule has 5 nitrogen and oxygen atoms in total. The van der Waals surface area contributed by atoms with E-state index in [1.54, 1.807) is 25.1 Å². The Hall–Kier alpha value is -1.89. The van der Waals surface area contributed by atoms with E-state index in [9.17, 15) is 9.59 Å². The maximum atomic E-state index is 12.4. The monoisotopic (exact) mass is 397 g/mol. The number of hydrogen-bond donors (Lipinski definition) is 3. The van der Waals surface area contributed by atoms with Gasteiger partial charge in [0.25, 0.3) is 0 Å². The number of amides is 2. The average molecular weight is 398 g/mol. The van der Waals surface area contributed by atoms with Gasteiger partial charge in [-0.25, -0.2) is 0 Å². The summed E-state index contributed by atoms with van der Waals surface area (Å²) in [5.74, 6) is -0.485. The molecule has 0 aliphatic carbocycles. The molecular formula is C17H17Cl2N3O2S. The number of hydrogen-bond acceptors (Lipinski definition) is 4. The normalized spacial score (nSPS) is 11.6. The molecular weight excluding hydrogens is 381 g/mol. The van der Waals surface area contributed by atoms with Crippen molar-refractivity contribution < 1.29 is 9.59 Å². The summed E-state index contributed by atoms with van der Waals surface area (Å²) in [5.41, 5.74) is 6.42. The Morgan fingerprint density at radius 1 is 1.16 bits per heavy atom. The van der Waals surface area contributed by atoms with Gasteiger partial charge in [-0.15, -0.1) is 11.8 Å². The molecule has 25 heavy (non-hydrogen) atoms. The van der Waals surface area contributed by atoms with Crippen molar-refractivity contribution in [2.45, 2.75) is 17.9 Å². The number of primary amides is 1. The minimum Gasteiger partial charge on any atom is -0.373 e. The van der Waals surface area contributed by atoms with Crippen LogP contribution < -0.4 is 16.4 Å². The maximum Gasteiger partial charge on any atom is 0.246 e. The van der Waals surface area contributed by atoms with E-state index >= 15 is 0 Å². The van der Waals surface area contributed by atoms with Gasteiger partial charge in [0.05, 0.1) is 16.5 Å². The Morgan fingerprint density at radius 2 is 1.88 bits per heavy atom. The summed E-state index contributed by atoms with van der Waals surface area (Å²) in [5, 5.41) is 6.75. The van der Waals surface area contributed by atoms with Crippen LogP contribution in [0.4, 0.5) is 11.4 Å². The summed E-state index contributed by atoms with van der Waals surface area (Å²) < 4.78 is 0. The van der Waals surface area contributed by atoms with Crippen LogP contribution in [0.1, 0.15) is 6.92 Å². The van der Waals surface area contributed by atoms with Gasteiger partial charge >= 0.3 is 0 Å². The zero-order valence-corrected chi connectivity index (χ0v) is 15.7. The molecule has 8 heteroatoms. The largest absolute Gasteiger partial charge is 0.373 e. The number of halogens is 2. The van der Waals surface area contributed by atoms with Crippen molar-refractivity contribution in [3.05, 3.63) is 52.5 Å². The summed E-state index contributed by atoms with van der Waals surface area (Å²) in [4.78, 5) is 24.2. The molecule has 0 heterocycles. The van der Waals surface area contributed by atoms with Crippen LogP contribution in [0, 0.1) is 0 Å². The number of rotatable bonds is 7. The van der Waals surface area contributed by atoms with E-state index < -0.39 is 11.9 Å². The molecule has 0 unspecified atom stereocenters. The number of nitrogens with two attached hydrogens (primary N) is 1. The van der Waals surface area contributed by atoms with Gasteiger partial charge in [0.15, 0.2) is 0 Å². The van der Waals surface area contributed by atoms with E-state index in [0.717, 1.165) is 10.6 Å². The van der Waals surface area contributed by atoms with Crippen molar-refractivity contribution in [2.75, 3.05) is 16.4 Å². The standard InChI is InChI=1S/C17H17Cl2N3O2S/c1-10(17(24)22-13-7-6-11(18)8-12(13)19)21-14-4-2-3-5-15(14)25-9-16(20)23/h2-8,10,21H,9H2,1H3,(H2,20,23)(H,22,24)/t10-/m0/s1. The molecule has 0 aliphatic rings. The maximum absolute atomic E-state index is 12.4. The van der Waals surface area contributed by atoms with E-state index in [1.807, 2.05) is 24.3 Å². The highest BCUT2D eigenvalue weighted by molar-refractivity contribution is 8.00. The van der Waals surface area contributed by atoms with Crippen LogP contribution in [0.25, 0.3) is 0 Å². The zero-order chi connectivity index (χ0) is 18.4. The Balaban J connectivity index is 2.04. The molecule has 2 rings (SSSR count). The van der Waals surface area contributed by atoms with Gasteiger partial charge in [-0.1, -0.05) is 35.3 Å². The number of carbonyl (C=O) groups excluding carboxylic acids is 2. The van der Waals surface area contributed by atoms with Crippen LogP contribution in [-0.2, 0) is 9.59 Å². The molecule has 1 atom stereocenters. The molecule has 0 saturated heterocycles. The minimum atomic E-state index is -0.526. The number of para-hydroxylation sites is 1. The van der Waals surface area contributed by atoms with Gasteiger partial charge in [0.2, 0.25) is 11.8 Å². The Kier molecular flexibility index (Phi) is 6.99. The summed E-state index contributed by atoms with van der Waals surface area (Å²) >= 11 is 13.2. The lowest BCUT2D eigenvalue weighted by Gasteiger charge is -2.18. The predicted octanol–water partition coefficient (Wildman–Crippen LogP) is 4.01. The highest BCUT2D eigenvalue weighted by Crippen LogP contribution is 2.28. The lowest BCUT2D eigenvalue weighted by Crippen LogP contribution is -2.32. The second-order valence-corrected chi connectivity index (χ2v) is 7.09. The minimum absolute atomic E-state index is 0.166. The van der Waals surface area contributed by atoms with Crippen LogP contribution in [0.5, 0.6) is 0 Å². The van der Waals surface area contributed by atoms with Crippen molar-refractivity contribution in [1.82, 2.24) is 0 Å². The van der Waals surface area contributed by atoms with Gasteiger partial charge in [-0.2, -0.15) is 0 Å². The second-order valence-electron chi connectivity index (χ2n) is 5.23. The number of thioether (sulfide) groups is 1. The molecule has 0 radical (unpaired) electrons. The van der Waals surface area contributed by atoms with Gasteiger partial charge in [-0.3, -0.25) is 9.59 Å². The molecule has 0 saturated carbocycles. The molecule has 0 spiro atoms. The lowest BCUT2D eigenvalue weighted by atomic mass is 10.2. The van der Waals surface area contributed by atoms with E-state index in [-0.39, 0.29) is 11.7 Å². The Labute approximate surface area is 160 Å². The SMILES string of the molecule is C[C@H](Nc1ccccc1SCC(N)=O)C(=O)Nc1ccc(Cl)cc1Cl. The molecule has 4 N–H and O–H groups in total. The van der Waals surface area contributed by atoms with Crippen molar-refractivity contribution in [2.24, 2.45) is 5.73 Å². The van der Waals surface area contributed by atoms with E-state index in [2.05, 4.69) is 10.6 Å². The lowest BCUT2D eigenvalue weighted by molar-refractivity contribution is -0.117. The van der Waals surface area contributed by atoms with Gasteiger partial charge in [0.1, 0.15) is 6.04 Å². The predicted molar refractivity (Wildman–Crippen MR) is 105 cm³/mol. The smallest absolute Gasteiger partial charge is 0.246 e. The number of benzene rings is 2. The van der Waals surface area contributed by atoms with E-state index in [0.29, 0.717) is 15.7 Å². The fourth-order valence-electron chi connectivity index (χ4n) is 1.99. The molecule has 2 aromatic carbocycles. The quantitative estimate of drug-likeness (QED) is 0.616. The topological polar surface area (TPSA) is 84.2 Å². The number of anilines is 2. The summed E-state index contributed by atoms with van der Waals surface area (Å²) in [6, 6.07) is 11.7. The van der Waals surface area contributed by atoms with Crippen molar-refractivity contribution >= 4 is 58.2 Å². The fraction of sp³-hybridized carbons (Fsp3) is 0.176. The Bertz CT molecular complexity index is 786. The molecule has 132 valence electrons. The number of carbonyl (C=O) groups is 2. The highest BCUT2D eigenvalue weighted by Gasteiger charge is 2.16. The third-order valence-electron chi connectivity index (χ3n) is 3.21. The Morgan fingerprint density at radius 3 is 2.56 bits per heavy atom. The summed E-state index contributed by atoms with van der Waals surface area (Å²) in [6.07, 6.45) is 0. The molecule has 2 amide bonds. The molecule has 2 aromatic rings. The average Bonchev–Trinajstić information content (AvgIpc) is 2.56. The zero-order valence-electron chi connectivity index (χ0n) is 13.4. The van der Waals surface area contributed by atoms with Crippen LogP contribution in [0.2, 0.25) is 10.0 Å². The van der Waals surface area contributed by atoms with Crippen LogP contribution >= 0.6 is 35.0 Å². The molecule has 0 aliphatic heterocycles. The molecule has 0 aromatic heterocycles. The first kappa shape index (κ1) is 19.4. The van der Waals surface area contributed by atoms with Crippen LogP contribution in [0.15, 0.2) is 47.4 Å². The van der Waals surface area contributed by atoms with Crippen molar-refractivity contribution in [1.29, 1.82) is 0 Å². The van der Waals surface area contributed by atoms with Crippen molar-refractivity contribution in [3.63, 3.8) is 0 Å². The van der Waals surface area contributed by atoms with E-state index in [1.165, 1.54) is 11.8 Å². The van der Waals surface area contributed by atoms with Gasteiger partial charge in [0, 0.05) is 15.6 Å². The molecule has 0 fully saturated rings. The third-order valence-corrected chi connectivity index (χ3v) is 4.85. The summed E-state index contributed by atoms with van der Waals surface area (Å²) in [7, 11) is 0. The van der Waals surface area contributed by atoms with E-state index in [4.69, 9.17) is 28.9 Å². The third kappa shape index (κ3) is 5.85. The van der Waals surface area contributed by atoms with Gasteiger partial charge < -0.3 is 16.4 Å². The van der Waals surface area contributed by atoms with Crippen LogP contribution in [0.3, 0.4) is 0 Å². The number of nitrogens with one attached hydrogen (secondary N) is 2. The molecule has 0 bridgehead atoms. The first-order valence-electron chi connectivity index (χ1n) is 7.39. The highest BCUT2D eigenvalue weighted by atomic mass is 35.5. The fourth-order valence-corrected chi connectivity index (χ4v) is 3.20. The first-order chi connectivity index (χ1) is 11.9. The first-order valence-corrected chi connectivity index (χ1v) is 9.13. The second kappa shape index (κ2) is 8.99. The van der Waals surface area contributed by atoms with Crippen LogP contribution in [-0.4, -0.2) is 23.6 Å². The van der Waals surface area contributed by atoms with Crippen molar-refractivity contribution in [3.8, 4) is 0 Å². The van der Waals surface area contributed by atoms with Gasteiger partial charge in [-0.05, 0) is 37.3 Å².